The highest BCUT2D eigenvalue weighted by atomic mass is 19.1. The SMILES string of the molecule is Cc1ccc(-c2cc(F)ccc2NC(=O)OCCC2CCCN2C)cc1C. The minimum Gasteiger partial charge on any atom is -0.449 e. The summed E-state index contributed by atoms with van der Waals surface area (Å²) in [5.74, 6) is -0.341. The second kappa shape index (κ2) is 8.53. The molecule has 144 valence electrons. The van der Waals surface area contributed by atoms with E-state index in [0.717, 1.165) is 30.5 Å². The number of ether oxygens (including phenoxy) is 1. The normalized spacial score (nSPS) is 17.1. The number of amides is 1. The predicted molar refractivity (Wildman–Crippen MR) is 107 cm³/mol. The molecule has 4 nitrogen and oxygen atoms in total. The van der Waals surface area contributed by atoms with Crippen LogP contribution in [0.5, 0.6) is 0 Å². The topological polar surface area (TPSA) is 41.6 Å². The van der Waals surface area contributed by atoms with Crippen LogP contribution in [-0.2, 0) is 4.74 Å². The van der Waals surface area contributed by atoms with Gasteiger partial charge in [-0.15, -0.1) is 0 Å². The van der Waals surface area contributed by atoms with Crippen molar-refractivity contribution in [2.75, 3.05) is 25.5 Å². The number of likely N-dealkylation sites (tertiary alicyclic amines) is 1. The first-order valence-electron chi connectivity index (χ1n) is 9.45. The molecule has 2 aromatic carbocycles. The maximum absolute atomic E-state index is 13.8. The van der Waals surface area contributed by atoms with Gasteiger partial charge < -0.3 is 9.64 Å². The molecule has 1 aliphatic heterocycles. The van der Waals surface area contributed by atoms with E-state index in [2.05, 4.69) is 17.3 Å². The van der Waals surface area contributed by atoms with Gasteiger partial charge in [-0.05, 0) is 81.6 Å². The fraction of sp³-hybridized carbons (Fsp3) is 0.409. The van der Waals surface area contributed by atoms with Crippen molar-refractivity contribution in [3.8, 4) is 11.1 Å². The Morgan fingerprint density at radius 1 is 1.22 bits per heavy atom. The zero-order valence-electron chi connectivity index (χ0n) is 16.2. The molecule has 1 heterocycles. The van der Waals surface area contributed by atoms with E-state index in [0.29, 0.717) is 23.9 Å². The van der Waals surface area contributed by atoms with Crippen LogP contribution in [0, 0.1) is 19.7 Å². The van der Waals surface area contributed by atoms with Crippen molar-refractivity contribution >= 4 is 11.8 Å². The minimum atomic E-state index is -0.507. The molecule has 0 radical (unpaired) electrons. The number of aryl methyl sites for hydroxylation is 2. The third-order valence-corrected chi connectivity index (χ3v) is 5.39. The van der Waals surface area contributed by atoms with Crippen LogP contribution in [0.2, 0.25) is 0 Å². The first kappa shape index (κ1) is 19.4. The fourth-order valence-corrected chi connectivity index (χ4v) is 3.55. The molecule has 0 saturated carbocycles. The van der Waals surface area contributed by atoms with E-state index in [1.807, 2.05) is 32.0 Å². The average molecular weight is 370 g/mol. The molecule has 1 atom stereocenters. The highest BCUT2D eigenvalue weighted by Gasteiger charge is 2.21. The van der Waals surface area contributed by atoms with Crippen LogP contribution >= 0.6 is 0 Å². The van der Waals surface area contributed by atoms with Crippen molar-refractivity contribution in [3.05, 3.63) is 53.3 Å². The zero-order chi connectivity index (χ0) is 19.4. The maximum Gasteiger partial charge on any atom is 0.411 e. The molecule has 0 bridgehead atoms. The molecular formula is C22H27FN2O2. The number of nitrogens with one attached hydrogen (secondary N) is 1. The molecular weight excluding hydrogens is 343 g/mol. The lowest BCUT2D eigenvalue weighted by atomic mass is 9.99. The first-order chi connectivity index (χ1) is 12.9. The Bertz CT molecular complexity index is 822. The summed E-state index contributed by atoms with van der Waals surface area (Å²) in [6.45, 7) is 5.52. The van der Waals surface area contributed by atoms with Gasteiger partial charge in [0.05, 0.1) is 12.3 Å². The van der Waals surface area contributed by atoms with Crippen LogP contribution in [0.15, 0.2) is 36.4 Å². The highest BCUT2D eigenvalue weighted by Crippen LogP contribution is 2.30. The minimum absolute atomic E-state index is 0.341. The number of nitrogens with zero attached hydrogens (tertiary/aromatic N) is 1. The standard InChI is InChI=1S/C22H27FN2O2/c1-15-6-7-17(13-16(15)2)20-14-18(23)8-9-21(20)24-22(26)27-12-10-19-5-4-11-25(19)3/h6-9,13-14,19H,4-5,10-12H2,1-3H3,(H,24,26). The first-order valence-corrected chi connectivity index (χ1v) is 9.45. The molecule has 1 unspecified atom stereocenters. The largest absolute Gasteiger partial charge is 0.449 e. The number of anilines is 1. The van der Waals surface area contributed by atoms with Crippen LogP contribution in [-0.4, -0.2) is 37.2 Å². The maximum atomic E-state index is 13.8. The lowest BCUT2D eigenvalue weighted by Gasteiger charge is -2.19. The van der Waals surface area contributed by atoms with Gasteiger partial charge in [0.2, 0.25) is 0 Å². The number of rotatable bonds is 5. The smallest absolute Gasteiger partial charge is 0.411 e. The van der Waals surface area contributed by atoms with Crippen molar-refractivity contribution in [2.24, 2.45) is 0 Å². The van der Waals surface area contributed by atoms with E-state index in [-0.39, 0.29) is 5.82 Å². The van der Waals surface area contributed by atoms with Crippen LogP contribution in [0.25, 0.3) is 11.1 Å². The van der Waals surface area contributed by atoms with Crippen LogP contribution in [0.3, 0.4) is 0 Å². The van der Waals surface area contributed by atoms with Crippen molar-refractivity contribution < 1.29 is 13.9 Å². The number of carbonyl (C=O) groups is 1. The van der Waals surface area contributed by atoms with Crippen molar-refractivity contribution in [1.82, 2.24) is 4.90 Å². The molecule has 1 aliphatic rings. The van der Waals surface area contributed by atoms with E-state index in [1.165, 1.54) is 24.1 Å². The summed E-state index contributed by atoms with van der Waals surface area (Å²) in [5, 5.41) is 2.77. The van der Waals surface area contributed by atoms with E-state index in [9.17, 15) is 9.18 Å². The van der Waals surface area contributed by atoms with Gasteiger partial charge in [0.15, 0.2) is 0 Å². The summed E-state index contributed by atoms with van der Waals surface area (Å²) >= 11 is 0. The van der Waals surface area contributed by atoms with Crippen LogP contribution < -0.4 is 5.32 Å². The molecule has 1 N–H and O–H groups in total. The molecule has 5 heteroatoms. The average Bonchev–Trinajstić information content (AvgIpc) is 3.04. The van der Waals surface area contributed by atoms with E-state index in [4.69, 9.17) is 4.74 Å². The Kier molecular flexibility index (Phi) is 6.11. The van der Waals surface area contributed by atoms with Gasteiger partial charge in [0, 0.05) is 11.6 Å². The Morgan fingerprint density at radius 3 is 2.74 bits per heavy atom. The second-order valence-electron chi connectivity index (χ2n) is 7.32. The van der Waals surface area contributed by atoms with Crippen molar-refractivity contribution in [3.63, 3.8) is 0 Å². The van der Waals surface area contributed by atoms with Crippen molar-refractivity contribution in [1.29, 1.82) is 0 Å². The highest BCUT2D eigenvalue weighted by molar-refractivity contribution is 5.91. The second-order valence-corrected chi connectivity index (χ2v) is 7.32. The van der Waals surface area contributed by atoms with E-state index >= 15 is 0 Å². The van der Waals surface area contributed by atoms with Gasteiger partial charge in [0.1, 0.15) is 5.82 Å². The van der Waals surface area contributed by atoms with Gasteiger partial charge in [-0.1, -0.05) is 18.2 Å². The van der Waals surface area contributed by atoms with Gasteiger partial charge in [-0.25, -0.2) is 9.18 Å². The molecule has 0 aliphatic carbocycles. The molecule has 27 heavy (non-hydrogen) atoms. The predicted octanol–water partition coefficient (Wildman–Crippen LogP) is 5.14. The van der Waals surface area contributed by atoms with Crippen LogP contribution in [0.1, 0.15) is 30.4 Å². The molecule has 1 amide bonds. The molecule has 1 fully saturated rings. The molecule has 1 saturated heterocycles. The van der Waals surface area contributed by atoms with Crippen molar-refractivity contribution in [2.45, 2.75) is 39.2 Å². The summed E-state index contributed by atoms with van der Waals surface area (Å²) in [6, 6.07) is 10.8. The van der Waals surface area contributed by atoms with Gasteiger partial charge in [0.25, 0.3) is 0 Å². The van der Waals surface area contributed by atoms with Crippen LogP contribution in [0.4, 0.5) is 14.9 Å². The monoisotopic (exact) mass is 370 g/mol. The van der Waals surface area contributed by atoms with Gasteiger partial charge in [-0.3, -0.25) is 5.32 Å². The number of benzene rings is 2. The molecule has 3 rings (SSSR count). The molecule has 0 aromatic heterocycles. The Labute approximate surface area is 160 Å². The number of halogens is 1. The number of carbonyl (C=O) groups excluding carboxylic acids is 1. The lowest BCUT2D eigenvalue weighted by Crippen LogP contribution is -2.27. The summed E-state index contributed by atoms with van der Waals surface area (Å²) in [5.41, 5.74) is 4.33. The molecule has 0 spiro atoms. The molecule has 2 aromatic rings. The third kappa shape index (κ3) is 4.86. The Balaban J connectivity index is 1.67. The number of hydrogen-bond acceptors (Lipinski definition) is 3. The fourth-order valence-electron chi connectivity index (χ4n) is 3.55. The Hall–Kier alpha value is -2.40. The Morgan fingerprint density at radius 2 is 2.04 bits per heavy atom. The van der Waals surface area contributed by atoms with E-state index in [1.54, 1.807) is 6.07 Å². The summed E-state index contributed by atoms with van der Waals surface area (Å²) in [6.07, 6.45) is 2.67. The van der Waals surface area contributed by atoms with Gasteiger partial charge >= 0.3 is 6.09 Å². The lowest BCUT2D eigenvalue weighted by molar-refractivity contribution is 0.147. The van der Waals surface area contributed by atoms with Gasteiger partial charge in [-0.2, -0.15) is 0 Å². The summed E-state index contributed by atoms with van der Waals surface area (Å²) in [4.78, 5) is 14.5. The third-order valence-electron chi connectivity index (χ3n) is 5.39. The quantitative estimate of drug-likeness (QED) is 0.792. The van der Waals surface area contributed by atoms with E-state index < -0.39 is 6.09 Å². The summed E-state index contributed by atoms with van der Waals surface area (Å²) in [7, 11) is 2.10. The zero-order valence-corrected chi connectivity index (χ0v) is 16.2. The summed E-state index contributed by atoms with van der Waals surface area (Å²) < 4.78 is 19.2. The number of hydrogen-bond donors (Lipinski definition) is 1.